The lowest BCUT2D eigenvalue weighted by molar-refractivity contribution is -0.154. The number of ether oxygens (including phenoxy) is 4. The fraction of sp³-hybridized carbons (Fsp3) is 0.946. The van der Waals surface area contributed by atoms with Crippen LogP contribution in [-0.2, 0) is 28.5 Å². The first-order valence-corrected chi connectivity index (χ1v) is 18.5. The predicted molar refractivity (Wildman–Crippen MR) is 179 cm³/mol. The number of rotatable bonds is 33. The van der Waals surface area contributed by atoms with Gasteiger partial charge in [-0.15, -0.1) is 0 Å². The van der Waals surface area contributed by atoms with Crippen molar-refractivity contribution in [3.05, 3.63) is 0 Å². The van der Waals surface area contributed by atoms with Crippen LogP contribution >= 0.6 is 0 Å². The molecule has 0 N–H and O–H groups in total. The van der Waals surface area contributed by atoms with Gasteiger partial charge in [-0.05, 0) is 33.6 Å². The van der Waals surface area contributed by atoms with E-state index in [4.69, 9.17) is 18.9 Å². The van der Waals surface area contributed by atoms with E-state index in [2.05, 4.69) is 13.8 Å². The summed E-state index contributed by atoms with van der Waals surface area (Å²) in [6, 6.07) is 0. The summed E-state index contributed by atoms with van der Waals surface area (Å²) in [6.45, 7) is 11.2. The lowest BCUT2D eigenvalue weighted by atomic mass is 10.1. The second-order valence-corrected chi connectivity index (χ2v) is 12.8. The molecule has 6 nitrogen and oxygen atoms in total. The van der Waals surface area contributed by atoms with Crippen LogP contribution in [0, 0.1) is 0 Å². The summed E-state index contributed by atoms with van der Waals surface area (Å²) < 4.78 is 22.5. The minimum Gasteiger partial charge on any atom is -0.463 e. The fourth-order valence-corrected chi connectivity index (χ4v) is 5.16. The fourth-order valence-electron chi connectivity index (χ4n) is 5.16. The topological polar surface area (TPSA) is 71.1 Å². The summed E-state index contributed by atoms with van der Waals surface area (Å²) in [5.41, 5.74) is 0. The molecule has 256 valence electrons. The standard InChI is InChI=1S/C37H72O6/c1-6-8-10-12-14-16-18-20-22-24-26-28-36(38)42-31-34(4)40-30-33(3)41-32-35(5)43-37(39)29-27-25-23-21-19-17-15-13-11-9-7-2/h33-35H,6-32H2,1-5H3. The molecule has 0 saturated heterocycles. The van der Waals surface area contributed by atoms with Gasteiger partial charge in [0.1, 0.15) is 12.7 Å². The van der Waals surface area contributed by atoms with Crippen molar-refractivity contribution in [1.29, 1.82) is 0 Å². The minimum absolute atomic E-state index is 0.137. The Balaban J connectivity index is 3.61. The van der Waals surface area contributed by atoms with Crippen LogP contribution < -0.4 is 0 Å². The Bertz CT molecular complexity index is 610. The van der Waals surface area contributed by atoms with E-state index in [1.807, 2.05) is 20.8 Å². The van der Waals surface area contributed by atoms with E-state index in [9.17, 15) is 9.59 Å². The molecule has 0 aliphatic rings. The molecule has 0 aliphatic carbocycles. The average Bonchev–Trinajstić information content (AvgIpc) is 2.99. The van der Waals surface area contributed by atoms with Gasteiger partial charge in [0.15, 0.2) is 0 Å². The predicted octanol–water partition coefficient (Wildman–Crippen LogP) is 10.7. The lowest BCUT2D eigenvalue weighted by Crippen LogP contribution is -2.28. The van der Waals surface area contributed by atoms with Crippen LogP contribution in [0.25, 0.3) is 0 Å². The third-order valence-electron chi connectivity index (χ3n) is 8.01. The molecular formula is C37H72O6. The highest BCUT2D eigenvalue weighted by Crippen LogP contribution is 2.14. The van der Waals surface area contributed by atoms with E-state index in [1.54, 1.807) is 0 Å². The Hall–Kier alpha value is -1.14. The summed E-state index contributed by atoms with van der Waals surface area (Å²) in [4.78, 5) is 24.2. The zero-order chi connectivity index (χ0) is 31.8. The van der Waals surface area contributed by atoms with Crippen LogP contribution in [0.3, 0.4) is 0 Å². The second-order valence-electron chi connectivity index (χ2n) is 12.8. The quantitative estimate of drug-likeness (QED) is 0.0542. The Morgan fingerprint density at radius 1 is 0.419 bits per heavy atom. The van der Waals surface area contributed by atoms with Crippen LogP contribution in [0.1, 0.15) is 189 Å². The first kappa shape index (κ1) is 41.9. The van der Waals surface area contributed by atoms with Crippen molar-refractivity contribution < 1.29 is 28.5 Å². The first-order chi connectivity index (χ1) is 20.9. The number of esters is 2. The molecule has 43 heavy (non-hydrogen) atoms. The zero-order valence-electron chi connectivity index (χ0n) is 29.3. The summed E-state index contributed by atoms with van der Waals surface area (Å²) >= 11 is 0. The van der Waals surface area contributed by atoms with Gasteiger partial charge < -0.3 is 18.9 Å². The molecule has 0 aromatic heterocycles. The van der Waals surface area contributed by atoms with Gasteiger partial charge in [0.25, 0.3) is 0 Å². The Kier molecular flexibility index (Phi) is 31.4. The smallest absolute Gasteiger partial charge is 0.306 e. The Morgan fingerprint density at radius 3 is 1.16 bits per heavy atom. The Labute approximate surface area is 267 Å². The number of hydrogen-bond donors (Lipinski definition) is 0. The summed E-state index contributed by atoms with van der Waals surface area (Å²) in [7, 11) is 0. The maximum Gasteiger partial charge on any atom is 0.306 e. The molecule has 0 aromatic carbocycles. The molecular weight excluding hydrogens is 540 g/mol. The van der Waals surface area contributed by atoms with Gasteiger partial charge in [0, 0.05) is 12.8 Å². The van der Waals surface area contributed by atoms with Gasteiger partial charge in [-0.2, -0.15) is 0 Å². The van der Waals surface area contributed by atoms with E-state index in [0.29, 0.717) is 26.1 Å². The molecule has 0 fully saturated rings. The summed E-state index contributed by atoms with van der Waals surface area (Å²) in [5.74, 6) is -0.279. The molecule has 3 unspecified atom stereocenters. The monoisotopic (exact) mass is 613 g/mol. The summed E-state index contributed by atoms with van der Waals surface area (Å²) in [5, 5.41) is 0. The van der Waals surface area contributed by atoms with Crippen LogP contribution in [0.5, 0.6) is 0 Å². The third kappa shape index (κ3) is 32.1. The SMILES string of the molecule is CCCCCCCCCCCCCC(=O)OCC(C)OCC(C)OCC(C)OC(=O)CCCCCCCCCCCCC. The van der Waals surface area contributed by atoms with Gasteiger partial charge in [0.05, 0.1) is 25.4 Å². The minimum atomic E-state index is -0.281. The first-order valence-electron chi connectivity index (χ1n) is 18.5. The largest absolute Gasteiger partial charge is 0.463 e. The van der Waals surface area contributed by atoms with Gasteiger partial charge in [0.2, 0.25) is 0 Å². The van der Waals surface area contributed by atoms with Crippen LogP contribution in [-0.4, -0.2) is 50.1 Å². The number of unbranched alkanes of at least 4 members (excludes halogenated alkanes) is 20. The van der Waals surface area contributed by atoms with E-state index in [0.717, 1.165) is 25.7 Å². The van der Waals surface area contributed by atoms with E-state index < -0.39 is 0 Å². The second kappa shape index (κ2) is 32.3. The van der Waals surface area contributed by atoms with Crippen LogP contribution in [0.15, 0.2) is 0 Å². The highest BCUT2D eigenvalue weighted by atomic mass is 16.6. The molecule has 0 saturated carbocycles. The van der Waals surface area contributed by atoms with Crippen LogP contribution in [0.4, 0.5) is 0 Å². The highest BCUT2D eigenvalue weighted by Gasteiger charge is 2.14. The molecule has 0 radical (unpaired) electrons. The highest BCUT2D eigenvalue weighted by molar-refractivity contribution is 5.69. The number of carbonyl (C=O) groups is 2. The molecule has 0 heterocycles. The van der Waals surface area contributed by atoms with E-state index in [1.165, 1.54) is 116 Å². The molecule has 0 amide bonds. The molecule has 0 aliphatic heterocycles. The van der Waals surface area contributed by atoms with Crippen molar-refractivity contribution in [1.82, 2.24) is 0 Å². The van der Waals surface area contributed by atoms with Crippen LogP contribution in [0.2, 0.25) is 0 Å². The lowest BCUT2D eigenvalue weighted by Gasteiger charge is -2.20. The van der Waals surface area contributed by atoms with Gasteiger partial charge >= 0.3 is 11.9 Å². The number of carbonyl (C=O) groups excluding carboxylic acids is 2. The van der Waals surface area contributed by atoms with Crippen molar-refractivity contribution in [3.63, 3.8) is 0 Å². The van der Waals surface area contributed by atoms with E-state index in [-0.39, 0.29) is 36.9 Å². The van der Waals surface area contributed by atoms with Crippen molar-refractivity contribution >= 4 is 11.9 Å². The van der Waals surface area contributed by atoms with Gasteiger partial charge in [-0.25, -0.2) is 0 Å². The molecule has 0 spiro atoms. The van der Waals surface area contributed by atoms with Gasteiger partial charge in [-0.1, -0.05) is 142 Å². The molecule has 6 heteroatoms. The van der Waals surface area contributed by atoms with Crippen molar-refractivity contribution in [3.8, 4) is 0 Å². The maximum atomic E-state index is 12.1. The molecule has 0 rings (SSSR count). The normalized spacial score (nSPS) is 13.5. The average molecular weight is 613 g/mol. The van der Waals surface area contributed by atoms with E-state index >= 15 is 0 Å². The molecule has 0 aromatic rings. The third-order valence-corrected chi connectivity index (χ3v) is 8.01. The zero-order valence-corrected chi connectivity index (χ0v) is 29.3. The molecule has 0 bridgehead atoms. The van der Waals surface area contributed by atoms with Gasteiger partial charge in [-0.3, -0.25) is 9.59 Å². The van der Waals surface area contributed by atoms with Crippen molar-refractivity contribution in [2.75, 3.05) is 19.8 Å². The summed E-state index contributed by atoms with van der Waals surface area (Å²) in [6.07, 6.45) is 28.2. The van der Waals surface area contributed by atoms with Crippen molar-refractivity contribution in [2.45, 2.75) is 207 Å². The van der Waals surface area contributed by atoms with Crippen molar-refractivity contribution in [2.24, 2.45) is 0 Å². The Morgan fingerprint density at radius 2 is 0.744 bits per heavy atom. The number of hydrogen-bond acceptors (Lipinski definition) is 6. The molecule has 3 atom stereocenters. The maximum absolute atomic E-state index is 12.1.